The van der Waals surface area contributed by atoms with Gasteiger partial charge in [0, 0.05) is 20.6 Å². The van der Waals surface area contributed by atoms with Crippen LogP contribution in [0.15, 0.2) is 29.3 Å². The van der Waals surface area contributed by atoms with E-state index in [1.165, 1.54) is 12.1 Å². The van der Waals surface area contributed by atoms with Crippen molar-refractivity contribution in [3.63, 3.8) is 0 Å². The Hall–Kier alpha value is -1.19. The minimum absolute atomic E-state index is 0. The van der Waals surface area contributed by atoms with Gasteiger partial charge >= 0.3 is 6.18 Å². The second-order valence-electron chi connectivity index (χ2n) is 4.61. The van der Waals surface area contributed by atoms with E-state index >= 15 is 0 Å². The number of ether oxygens (including phenoxy) is 1. The molecule has 22 heavy (non-hydrogen) atoms. The van der Waals surface area contributed by atoms with E-state index < -0.39 is 12.8 Å². The molecule has 0 aliphatic heterocycles. The molecular formula is C14H21F3IN3O. The second kappa shape index (κ2) is 9.75. The van der Waals surface area contributed by atoms with Gasteiger partial charge in [-0.05, 0) is 24.6 Å². The smallest absolute Gasteiger partial charge is 0.422 e. The first-order chi connectivity index (χ1) is 9.81. The summed E-state index contributed by atoms with van der Waals surface area (Å²) in [6, 6.07) is 6.43. The fourth-order valence-electron chi connectivity index (χ4n) is 1.54. The topological polar surface area (TPSA) is 36.9 Å². The summed E-state index contributed by atoms with van der Waals surface area (Å²) < 4.78 is 40.7. The van der Waals surface area contributed by atoms with Gasteiger partial charge in [-0.3, -0.25) is 0 Å². The van der Waals surface area contributed by atoms with Crippen LogP contribution in [0.4, 0.5) is 13.2 Å². The molecule has 0 bridgehead atoms. The van der Waals surface area contributed by atoms with Crippen LogP contribution in [-0.4, -0.2) is 44.3 Å². The number of rotatable bonds is 5. The van der Waals surface area contributed by atoms with Crippen molar-refractivity contribution in [3.05, 3.63) is 29.8 Å². The van der Waals surface area contributed by atoms with Gasteiger partial charge < -0.3 is 15.0 Å². The van der Waals surface area contributed by atoms with Gasteiger partial charge in [-0.15, -0.1) is 24.0 Å². The number of alkyl halides is 3. The molecule has 126 valence electrons. The molecule has 0 amide bonds. The number of nitrogens with zero attached hydrogens (tertiary/aromatic N) is 2. The number of aliphatic imine (C=N–C) groups is 1. The highest BCUT2D eigenvalue weighted by atomic mass is 127. The Morgan fingerprint density at radius 3 is 2.27 bits per heavy atom. The van der Waals surface area contributed by atoms with Crippen LogP contribution in [0.1, 0.15) is 12.5 Å². The van der Waals surface area contributed by atoms with Crippen LogP contribution in [0.25, 0.3) is 0 Å². The zero-order valence-corrected chi connectivity index (χ0v) is 15.1. The third-order valence-electron chi connectivity index (χ3n) is 2.50. The van der Waals surface area contributed by atoms with Crippen LogP contribution >= 0.6 is 24.0 Å². The molecule has 0 radical (unpaired) electrons. The van der Waals surface area contributed by atoms with Crippen molar-refractivity contribution in [2.75, 3.05) is 27.2 Å². The quantitative estimate of drug-likeness (QED) is 0.442. The molecule has 1 rings (SSSR count). The molecule has 8 heteroatoms. The molecule has 0 aliphatic rings. The lowest BCUT2D eigenvalue weighted by Crippen LogP contribution is -2.36. The molecule has 0 saturated carbocycles. The number of hydrogen-bond acceptors (Lipinski definition) is 2. The molecule has 0 heterocycles. The Morgan fingerprint density at radius 1 is 1.23 bits per heavy atom. The van der Waals surface area contributed by atoms with Crippen LogP contribution < -0.4 is 10.1 Å². The predicted molar refractivity (Wildman–Crippen MR) is 91.9 cm³/mol. The normalized spacial score (nSPS) is 11.6. The lowest BCUT2D eigenvalue weighted by molar-refractivity contribution is -0.153. The van der Waals surface area contributed by atoms with Crippen molar-refractivity contribution in [2.45, 2.75) is 19.6 Å². The molecule has 0 fully saturated rings. The SMILES string of the molecule is CCNC(=NCc1ccc(OCC(F)(F)F)cc1)N(C)C.I. The van der Waals surface area contributed by atoms with Crippen LogP contribution in [-0.2, 0) is 6.54 Å². The molecule has 0 aliphatic carbocycles. The number of nitrogens with one attached hydrogen (secondary N) is 1. The maximum atomic E-state index is 12.0. The van der Waals surface area contributed by atoms with Crippen LogP contribution in [0.2, 0.25) is 0 Å². The fourth-order valence-corrected chi connectivity index (χ4v) is 1.54. The van der Waals surface area contributed by atoms with Crippen molar-refractivity contribution in [1.29, 1.82) is 0 Å². The van der Waals surface area contributed by atoms with Crippen molar-refractivity contribution < 1.29 is 17.9 Å². The maximum Gasteiger partial charge on any atom is 0.422 e. The zero-order valence-electron chi connectivity index (χ0n) is 12.8. The van der Waals surface area contributed by atoms with E-state index in [1.807, 2.05) is 25.9 Å². The molecule has 1 aromatic rings. The van der Waals surface area contributed by atoms with Gasteiger partial charge in [0.15, 0.2) is 12.6 Å². The number of halogens is 4. The summed E-state index contributed by atoms with van der Waals surface area (Å²) in [6.07, 6.45) is -4.32. The van der Waals surface area contributed by atoms with Gasteiger partial charge in [0.1, 0.15) is 5.75 Å². The third kappa shape index (κ3) is 8.30. The van der Waals surface area contributed by atoms with Gasteiger partial charge in [0.2, 0.25) is 0 Å². The average molecular weight is 431 g/mol. The van der Waals surface area contributed by atoms with Crippen molar-refractivity contribution >= 4 is 29.9 Å². The number of benzene rings is 1. The highest BCUT2D eigenvalue weighted by Gasteiger charge is 2.28. The van der Waals surface area contributed by atoms with Crippen LogP contribution in [0.5, 0.6) is 5.75 Å². The molecule has 0 atom stereocenters. The van der Waals surface area contributed by atoms with E-state index in [0.29, 0.717) is 6.54 Å². The predicted octanol–water partition coefficient (Wildman–Crippen LogP) is 3.27. The molecule has 0 saturated heterocycles. The first-order valence-corrected chi connectivity index (χ1v) is 6.56. The average Bonchev–Trinajstić information content (AvgIpc) is 2.41. The summed E-state index contributed by atoms with van der Waals surface area (Å²) in [5.41, 5.74) is 0.895. The second-order valence-corrected chi connectivity index (χ2v) is 4.61. The van der Waals surface area contributed by atoms with Gasteiger partial charge in [0.25, 0.3) is 0 Å². The molecule has 1 N–H and O–H groups in total. The molecule has 0 spiro atoms. The van der Waals surface area contributed by atoms with Gasteiger partial charge in [-0.2, -0.15) is 13.2 Å². The van der Waals surface area contributed by atoms with Crippen molar-refractivity contribution in [2.24, 2.45) is 4.99 Å². The van der Waals surface area contributed by atoms with Crippen molar-refractivity contribution in [3.8, 4) is 5.75 Å². The summed E-state index contributed by atoms with van der Waals surface area (Å²) in [5, 5.41) is 3.13. The molecular weight excluding hydrogens is 410 g/mol. The minimum Gasteiger partial charge on any atom is -0.484 e. The van der Waals surface area contributed by atoms with E-state index in [0.717, 1.165) is 18.1 Å². The van der Waals surface area contributed by atoms with Gasteiger partial charge in [0.05, 0.1) is 6.54 Å². The highest BCUT2D eigenvalue weighted by Crippen LogP contribution is 2.19. The van der Waals surface area contributed by atoms with E-state index in [4.69, 9.17) is 0 Å². The summed E-state index contributed by atoms with van der Waals surface area (Å²) in [6.45, 7) is 1.91. The Morgan fingerprint density at radius 2 is 1.82 bits per heavy atom. The third-order valence-corrected chi connectivity index (χ3v) is 2.50. The lowest BCUT2D eigenvalue weighted by atomic mass is 10.2. The Bertz CT molecular complexity index is 461. The van der Waals surface area contributed by atoms with Crippen molar-refractivity contribution in [1.82, 2.24) is 10.2 Å². The fraction of sp³-hybridized carbons (Fsp3) is 0.500. The summed E-state index contributed by atoms with van der Waals surface area (Å²) >= 11 is 0. The van der Waals surface area contributed by atoms with Gasteiger partial charge in [-0.25, -0.2) is 4.99 Å². The first-order valence-electron chi connectivity index (χ1n) is 6.56. The van der Waals surface area contributed by atoms with E-state index in [9.17, 15) is 13.2 Å². The summed E-state index contributed by atoms with van der Waals surface area (Å²) in [7, 11) is 3.77. The lowest BCUT2D eigenvalue weighted by Gasteiger charge is -2.16. The Labute approximate surface area is 145 Å². The van der Waals surface area contributed by atoms with Gasteiger partial charge in [-0.1, -0.05) is 12.1 Å². The zero-order chi connectivity index (χ0) is 15.9. The Kier molecular flexibility index (Phi) is 9.22. The summed E-state index contributed by atoms with van der Waals surface area (Å²) in [5.74, 6) is 0.953. The maximum absolute atomic E-state index is 12.0. The standard InChI is InChI=1S/C14H20F3N3O.HI/c1-4-18-13(20(2)3)19-9-11-5-7-12(8-6-11)21-10-14(15,16)17;/h5-8H,4,9-10H2,1-3H3,(H,18,19);1H. The molecule has 1 aromatic carbocycles. The van der Waals surface area contributed by atoms with Crippen LogP contribution in [0, 0.1) is 0 Å². The molecule has 0 aromatic heterocycles. The van der Waals surface area contributed by atoms with E-state index in [2.05, 4.69) is 15.0 Å². The minimum atomic E-state index is -4.32. The summed E-state index contributed by atoms with van der Waals surface area (Å²) in [4.78, 5) is 6.27. The number of guanidine groups is 1. The monoisotopic (exact) mass is 431 g/mol. The number of hydrogen-bond donors (Lipinski definition) is 1. The van der Waals surface area contributed by atoms with Crippen LogP contribution in [0.3, 0.4) is 0 Å². The largest absolute Gasteiger partial charge is 0.484 e. The molecule has 4 nitrogen and oxygen atoms in total. The van der Waals surface area contributed by atoms with E-state index in [-0.39, 0.29) is 29.7 Å². The first kappa shape index (κ1) is 20.8. The highest BCUT2D eigenvalue weighted by molar-refractivity contribution is 14.0. The molecule has 0 unspecified atom stereocenters. The van der Waals surface area contributed by atoms with E-state index in [1.54, 1.807) is 12.1 Å². The Balaban J connectivity index is 0.00000441.